The first-order valence-electron chi connectivity index (χ1n) is 10.2. The Morgan fingerprint density at radius 3 is 2.47 bits per heavy atom. The number of fused-ring (bicyclic) bond motifs is 1. The van der Waals surface area contributed by atoms with Gasteiger partial charge in [-0.2, -0.15) is 0 Å². The Hall–Kier alpha value is -3.47. The second kappa shape index (κ2) is 9.35. The van der Waals surface area contributed by atoms with E-state index in [-0.39, 0.29) is 12.5 Å². The largest absolute Gasteiger partial charge is 0.483 e. The molecule has 0 atom stereocenters. The van der Waals surface area contributed by atoms with Crippen molar-refractivity contribution in [3.05, 3.63) is 84.2 Å². The lowest BCUT2D eigenvalue weighted by atomic mass is 9.99. The number of nitrogens with one attached hydrogen (secondary N) is 1. The Kier molecular flexibility index (Phi) is 6.62. The summed E-state index contributed by atoms with van der Waals surface area (Å²) in [5, 5.41) is 3.67. The molecule has 0 saturated heterocycles. The topological polar surface area (TPSA) is 69.3 Å². The van der Waals surface area contributed by atoms with Crippen LogP contribution >= 0.6 is 0 Å². The molecule has 0 fully saturated rings. The number of benzene rings is 2. The molecule has 0 aliphatic rings. The smallest absolute Gasteiger partial charge is 0.257 e. The van der Waals surface area contributed by atoms with Gasteiger partial charge in [-0.05, 0) is 36.6 Å². The highest BCUT2D eigenvalue weighted by Gasteiger charge is 2.22. The SMILES string of the molecule is C=C(N)C(=C)c1c(CC)n(Cc2ccccc2)c2cccc(OCC(=O)NCC)c12. The van der Waals surface area contributed by atoms with E-state index in [2.05, 4.69) is 48.2 Å². The van der Waals surface area contributed by atoms with Gasteiger partial charge in [0.15, 0.2) is 6.61 Å². The lowest BCUT2D eigenvalue weighted by Crippen LogP contribution is -2.28. The maximum absolute atomic E-state index is 12.0. The molecule has 1 amide bonds. The average Bonchev–Trinajstić information content (AvgIpc) is 3.06. The highest BCUT2D eigenvalue weighted by molar-refractivity contribution is 6.01. The monoisotopic (exact) mass is 403 g/mol. The number of nitrogens with zero attached hydrogens (tertiary/aromatic N) is 1. The van der Waals surface area contributed by atoms with Crippen molar-refractivity contribution in [2.45, 2.75) is 26.8 Å². The van der Waals surface area contributed by atoms with Crippen molar-refractivity contribution in [3.8, 4) is 5.75 Å². The Bertz CT molecular complexity index is 1080. The van der Waals surface area contributed by atoms with Crippen LogP contribution in [0.25, 0.3) is 16.5 Å². The van der Waals surface area contributed by atoms with E-state index < -0.39 is 0 Å². The Morgan fingerprint density at radius 1 is 1.10 bits per heavy atom. The number of aromatic nitrogens is 1. The predicted octanol–water partition coefficient (Wildman–Crippen LogP) is 4.25. The molecule has 0 bridgehead atoms. The number of amides is 1. The summed E-state index contributed by atoms with van der Waals surface area (Å²) in [5.74, 6) is 0.482. The van der Waals surface area contributed by atoms with Crippen LogP contribution in [0.3, 0.4) is 0 Å². The fraction of sp³-hybridized carbons (Fsp3) is 0.240. The van der Waals surface area contributed by atoms with Crippen molar-refractivity contribution in [1.82, 2.24) is 9.88 Å². The third-order valence-corrected chi connectivity index (χ3v) is 5.10. The van der Waals surface area contributed by atoms with Crippen LogP contribution in [0.1, 0.15) is 30.7 Å². The number of carbonyl (C=O) groups excluding carboxylic acids is 1. The standard InChI is InChI=1S/C25H29N3O2/c1-5-20-24(17(3)18(4)26)25-21(28(20)15-19-11-8-7-9-12-19)13-10-14-22(25)30-16-23(29)27-6-2/h7-14H,3-6,15-16,26H2,1-2H3,(H,27,29). The molecular formula is C25H29N3O2. The molecule has 0 unspecified atom stereocenters. The average molecular weight is 404 g/mol. The minimum Gasteiger partial charge on any atom is -0.483 e. The zero-order chi connectivity index (χ0) is 21.7. The molecule has 2 aromatic carbocycles. The van der Waals surface area contributed by atoms with Crippen molar-refractivity contribution in [2.75, 3.05) is 13.2 Å². The fourth-order valence-corrected chi connectivity index (χ4v) is 3.73. The molecule has 3 N–H and O–H groups in total. The third-order valence-electron chi connectivity index (χ3n) is 5.10. The highest BCUT2D eigenvalue weighted by atomic mass is 16.5. The van der Waals surface area contributed by atoms with Gasteiger partial charge in [-0.15, -0.1) is 0 Å². The highest BCUT2D eigenvalue weighted by Crippen LogP contribution is 2.39. The molecule has 0 aliphatic carbocycles. The molecule has 5 heteroatoms. The molecule has 3 rings (SSSR count). The van der Waals surface area contributed by atoms with Gasteiger partial charge >= 0.3 is 0 Å². The maximum atomic E-state index is 12.0. The minimum atomic E-state index is -0.155. The molecule has 1 heterocycles. The summed E-state index contributed by atoms with van der Waals surface area (Å²) < 4.78 is 8.20. The first kappa shape index (κ1) is 21.2. The van der Waals surface area contributed by atoms with Crippen LogP contribution in [-0.2, 0) is 17.8 Å². The number of rotatable bonds is 9. The van der Waals surface area contributed by atoms with Crippen molar-refractivity contribution < 1.29 is 9.53 Å². The number of hydrogen-bond donors (Lipinski definition) is 2. The van der Waals surface area contributed by atoms with Gasteiger partial charge in [-0.1, -0.05) is 56.5 Å². The third kappa shape index (κ3) is 4.25. The van der Waals surface area contributed by atoms with Crippen LogP contribution in [-0.4, -0.2) is 23.6 Å². The van der Waals surface area contributed by atoms with Crippen molar-refractivity contribution in [1.29, 1.82) is 0 Å². The second-order valence-corrected chi connectivity index (χ2v) is 7.14. The Morgan fingerprint density at radius 2 is 1.83 bits per heavy atom. The molecule has 156 valence electrons. The maximum Gasteiger partial charge on any atom is 0.257 e. The molecule has 0 aliphatic heterocycles. The number of carbonyl (C=O) groups is 1. The number of likely N-dealkylation sites (N-methyl/N-ethyl adjacent to an activating group) is 1. The lowest BCUT2D eigenvalue weighted by Gasteiger charge is -2.12. The van der Waals surface area contributed by atoms with Crippen LogP contribution in [0.4, 0.5) is 0 Å². The summed E-state index contributed by atoms with van der Waals surface area (Å²) in [6, 6.07) is 16.2. The van der Waals surface area contributed by atoms with Crippen LogP contribution in [0.15, 0.2) is 67.4 Å². The molecule has 5 nitrogen and oxygen atoms in total. The summed E-state index contributed by atoms with van der Waals surface area (Å²) in [6.07, 6.45) is 0.791. The Balaban J connectivity index is 2.18. The van der Waals surface area contributed by atoms with Gasteiger partial charge in [0.1, 0.15) is 5.75 Å². The summed E-state index contributed by atoms with van der Waals surface area (Å²) >= 11 is 0. The van der Waals surface area contributed by atoms with E-state index in [4.69, 9.17) is 10.5 Å². The van der Waals surface area contributed by atoms with Crippen LogP contribution in [0.2, 0.25) is 0 Å². The molecule has 0 spiro atoms. The summed E-state index contributed by atoms with van der Waals surface area (Å²) in [4.78, 5) is 12.0. The molecule has 0 saturated carbocycles. The number of allylic oxidation sites excluding steroid dienone is 1. The quantitative estimate of drug-likeness (QED) is 0.525. The van der Waals surface area contributed by atoms with Crippen LogP contribution < -0.4 is 15.8 Å². The van der Waals surface area contributed by atoms with Gasteiger partial charge in [0, 0.05) is 35.4 Å². The van der Waals surface area contributed by atoms with E-state index in [9.17, 15) is 4.79 Å². The van der Waals surface area contributed by atoms with E-state index in [1.54, 1.807) is 0 Å². The molecule has 0 radical (unpaired) electrons. The molecule has 30 heavy (non-hydrogen) atoms. The minimum absolute atomic E-state index is 0.0479. The van der Waals surface area contributed by atoms with Gasteiger partial charge < -0.3 is 20.4 Å². The van der Waals surface area contributed by atoms with Crippen molar-refractivity contribution >= 4 is 22.4 Å². The summed E-state index contributed by atoms with van der Waals surface area (Å²) in [6.45, 7) is 13.3. The zero-order valence-corrected chi connectivity index (χ0v) is 17.7. The van der Waals surface area contributed by atoms with Crippen molar-refractivity contribution in [3.63, 3.8) is 0 Å². The Labute approximate surface area is 177 Å². The van der Waals surface area contributed by atoms with Gasteiger partial charge in [-0.3, -0.25) is 4.79 Å². The first-order valence-corrected chi connectivity index (χ1v) is 10.2. The first-order chi connectivity index (χ1) is 14.5. The van der Waals surface area contributed by atoms with Crippen LogP contribution in [0, 0.1) is 0 Å². The number of hydrogen-bond acceptors (Lipinski definition) is 3. The number of ether oxygens (including phenoxy) is 1. The van der Waals surface area contributed by atoms with E-state index in [0.717, 1.165) is 28.6 Å². The van der Waals surface area contributed by atoms with Gasteiger partial charge in [0.25, 0.3) is 5.91 Å². The van der Waals surface area contributed by atoms with E-state index in [1.165, 1.54) is 5.56 Å². The summed E-state index contributed by atoms with van der Waals surface area (Å²) in [7, 11) is 0. The number of nitrogens with two attached hydrogens (primary N) is 1. The van der Waals surface area contributed by atoms with Gasteiger partial charge in [0.05, 0.1) is 5.52 Å². The van der Waals surface area contributed by atoms with Gasteiger partial charge in [-0.25, -0.2) is 0 Å². The van der Waals surface area contributed by atoms with E-state index in [1.807, 2.05) is 37.3 Å². The second-order valence-electron chi connectivity index (χ2n) is 7.14. The fourth-order valence-electron chi connectivity index (χ4n) is 3.73. The van der Waals surface area contributed by atoms with Gasteiger partial charge in [0.2, 0.25) is 0 Å². The zero-order valence-electron chi connectivity index (χ0n) is 17.7. The normalized spacial score (nSPS) is 10.7. The van der Waals surface area contributed by atoms with Crippen LogP contribution in [0.5, 0.6) is 5.75 Å². The van der Waals surface area contributed by atoms with Crippen molar-refractivity contribution in [2.24, 2.45) is 5.73 Å². The van der Waals surface area contributed by atoms with E-state index >= 15 is 0 Å². The lowest BCUT2D eigenvalue weighted by molar-refractivity contribution is -0.122. The summed E-state index contributed by atoms with van der Waals surface area (Å²) in [5.41, 5.74) is 11.4. The molecular weight excluding hydrogens is 374 g/mol. The van der Waals surface area contributed by atoms with E-state index in [0.29, 0.717) is 30.1 Å². The molecule has 1 aromatic heterocycles. The molecule has 3 aromatic rings. The predicted molar refractivity (Wildman–Crippen MR) is 123 cm³/mol.